The van der Waals surface area contributed by atoms with Gasteiger partial charge in [-0.25, -0.2) is 4.79 Å². The van der Waals surface area contributed by atoms with Crippen LogP contribution in [-0.2, 0) is 0 Å². The molecule has 0 radical (unpaired) electrons. The van der Waals surface area contributed by atoms with Gasteiger partial charge < -0.3 is 19.7 Å². The molecule has 1 aromatic carbocycles. The number of nitrogens with zero attached hydrogens (tertiary/aromatic N) is 1. The van der Waals surface area contributed by atoms with Crippen LogP contribution in [0.1, 0.15) is 17.9 Å². The third-order valence-corrected chi connectivity index (χ3v) is 4.59. The monoisotopic (exact) mass is 294 g/mol. The first kappa shape index (κ1) is 13.4. The molecule has 108 valence electrons. The molecule has 1 aromatic rings. The number of thioether (sulfide) groups is 1. The number of carbonyl (C=O) groups excluding carboxylic acids is 1. The summed E-state index contributed by atoms with van der Waals surface area (Å²) >= 11 is 1.78. The number of benzene rings is 1. The third kappa shape index (κ3) is 2.52. The van der Waals surface area contributed by atoms with Crippen LogP contribution in [0.4, 0.5) is 4.79 Å². The normalized spacial score (nSPS) is 20.9. The summed E-state index contributed by atoms with van der Waals surface area (Å²) in [5.74, 6) is 2.51. The fraction of sp³-hybridized carbons (Fsp3) is 0.500. The molecule has 1 fully saturated rings. The molecule has 0 spiro atoms. The molecule has 5 nitrogen and oxygen atoms in total. The van der Waals surface area contributed by atoms with Crippen molar-refractivity contribution >= 4 is 17.8 Å². The molecule has 2 aliphatic heterocycles. The molecule has 1 atom stereocenters. The van der Waals surface area contributed by atoms with Crippen molar-refractivity contribution in [3.05, 3.63) is 23.8 Å². The highest BCUT2D eigenvalue weighted by molar-refractivity contribution is 7.99. The lowest BCUT2D eigenvalue weighted by Gasteiger charge is -2.25. The van der Waals surface area contributed by atoms with E-state index in [4.69, 9.17) is 9.47 Å². The van der Waals surface area contributed by atoms with E-state index in [0.717, 1.165) is 29.4 Å². The van der Waals surface area contributed by atoms with Crippen molar-refractivity contribution in [1.29, 1.82) is 0 Å². The molecule has 1 saturated heterocycles. The number of hydrogen-bond donors (Lipinski definition) is 1. The van der Waals surface area contributed by atoms with Gasteiger partial charge in [0, 0.05) is 18.8 Å². The Morgan fingerprint density at radius 3 is 3.00 bits per heavy atom. The Morgan fingerprint density at radius 1 is 1.40 bits per heavy atom. The summed E-state index contributed by atoms with van der Waals surface area (Å²) in [5.41, 5.74) is 1.09. The number of fused-ring (bicyclic) bond motifs is 1. The van der Waals surface area contributed by atoms with E-state index in [0.29, 0.717) is 19.8 Å². The summed E-state index contributed by atoms with van der Waals surface area (Å²) in [7, 11) is 0. The van der Waals surface area contributed by atoms with Crippen molar-refractivity contribution in [2.24, 2.45) is 0 Å². The van der Waals surface area contributed by atoms with Gasteiger partial charge in [-0.05, 0) is 24.6 Å². The van der Waals surface area contributed by atoms with Crippen LogP contribution < -0.4 is 14.8 Å². The largest absolute Gasteiger partial charge is 0.486 e. The second-order valence-electron chi connectivity index (χ2n) is 4.66. The predicted octanol–water partition coefficient (Wildman–Crippen LogP) is 2.23. The molecule has 20 heavy (non-hydrogen) atoms. The quantitative estimate of drug-likeness (QED) is 0.909. The van der Waals surface area contributed by atoms with E-state index in [1.807, 2.05) is 30.0 Å². The maximum Gasteiger partial charge on any atom is 0.318 e. The fourth-order valence-corrected chi connectivity index (χ4v) is 3.67. The zero-order chi connectivity index (χ0) is 13.9. The van der Waals surface area contributed by atoms with E-state index in [9.17, 15) is 4.79 Å². The summed E-state index contributed by atoms with van der Waals surface area (Å²) in [5, 5.41) is 2.92. The lowest BCUT2D eigenvalue weighted by atomic mass is 10.1. The average molecular weight is 294 g/mol. The first-order chi connectivity index (χ1) is 9.79. The van der Waals surface area contributed by atoms with Gasteiger partial charge in [0.1, 0.15) is 18.6 Å². The van der Waals surface area contributed by atoms with E-state index in [1.54, 1.807) is 11.8 Å². The Kier molecular flexibility index (Phi) is 3.91. The topological polar surface area (TPSA) is 50.8 Å². The number of amides is 2. The summed E-state index contributed by atoms with van der Waals surface area (Å²) < 4.78 is 11.1. The number of rotatable bonds is 2. The Hall–Kier alpha value is -1.56. The van der Waals surface area contributed by atoms with Gasteiger partial charge in [-0.3, -0.25) is 0 Å². The maximum absolute atomic E-state index is 12.1. The highest BCUT2D eigenvalue weighted by atomic mass is 32.2. The minimum atomic E-state index is -0.00242. The van der Waals surface area contributed by atoms with Gasteiger partial charge in [-0.1, -0.05) is 6.07 Å². The van der Waals surface area contributed by atoms with Crippen molar-refractivity contribution < 1.29 is 14.3 Å². The van der Waals surface area contributed by atoms with Crippen LogP contribution in [0.3, 0.4) is 0 Å². The lowest BCUT2D eigenvalue weighted by Crippen LogP contribution is -2.39. The van der Waals surface area contributed by atoms with Gasteiger partial charge in [0.15, 0.2) is 11.5 Å². The van der Waals surface area contributed by atoms with Crippen LogP contribution in [0.2, 0.25) is 0 Å². The maximum atomic E-state index is 12.1. The first-order valence-electron chi connectivity index (χ1n) is 6.85. The van der Waals surface area contributed by atoms with Crippen molar-refractivity contribution in [3.8, 4) is 11.5 Å². The second kappa shape index (κ2) is 5.83. The SMILES string of the molecule is CCNC(=O)N1CCSC1c1ccc2c(c1)OCCO2. The van der Waals surface area contributed by atoms with E-state index in [2.05, 4.69) is 5.32 Å². The minimum Gasteiger partial charge on any atom is -0.486 e. The number of carbonyl (C=O) groups is 1. The van der Waals surface area contributed by atoms with Crippen molar-refractivity contribution in [1.82, 2.24) is 10.2 Å². The first-order valence-corrected chi connectivity index (χ1v) is 7.90. The van der Waals surface area contributed by atoms with E-state index < -0.39 is 0 Å². The molecule has 2 heterocycles. The average Bonchev–Trinajstić information content (AvgIpc) is 2.96. The number of nitrogens with one attached hydrogen (secondary N) is 1. The van der Waals surface area contributed by atoms with E-state index in [1.165, 1.54) is 0 Å². The van der Waals surface area contributed by atoms with Crippen molar-refractivity contribution in [2.45, 2.75) is 12.3 Å². The zero-order valence-electron chi connectivity index (χ0n) is 11.4. The van der Waals surface area contributed by atoms with Gasteiger partial charge in [-0.2, -0.15) is 0 Å². The van der Waals surface area contributed by atoms with Gasteiger partial charge >= 0.3 is 6.03 Å². The van der Waals surface area contributed by atoms with Gasteiger partial charge in [0.25, 0.3) is 0 Å². The molecule has 2 amide bonds. The molecule has 6 heteroatoms. The Labute approximate surface area is 122 Å². The van der Waals surface area contributed by atoms with E-state index in [-0.39, 0.29) is 11.4 Å². The smallest absolute Gasteiger partial charge is 0.318 e. The Balaban J connectivity index is 1.82. The second-order valence-corrected chi connectivity index (χ2v) is 5.84. The summed E-state index contributed by atoms with van der Waals surface area (Å²) in [4.78, 5) is 13.9. The molecular weight excluding hydrogens is 276 g/mol. The predicted molar refractivity (Wildman–Crippen MR) is 78.4 cm³/mol. The van der Waals surface area contributed by atoms with Crippen LogP contribution in [0.25, 0.3) is 0 Å². The molecule has 3 rings (SSSR count). The van der Waals surface area contributed by atoms with Crippen LogP contribution in [0, 0.1) is 0 Å². The van der Waals surface area contributed by atoms with Crippen LogP contribution in [-0.4, -0.2) is 43.0 Å². The number of hydrogen-bond acceptors (Lipinski definition) is 4. The van der Waals surface area contributed by atoms with Crippen LogP contribution >= 0.6 is 11.8 Å². The van der Waals surface area contributed by atoms with Crippen molar-refractivity contribution in [3.63, 3.8) is 0 Å². The standard InChI is InChI=1S/C14H18N2O3S/c1-2-15-14(17)16-5-8-20-13(16)10-3-4-11-12(9-10)19-7-6-18-11/h3-4,9,13H,2,5-8H2,1H3,(H,15,17). The molecule has 0 aromatic heterocycles. The van der Waals surface area contributed by atoms with Gasteiger partial charge in [0.05, 0.1) is 0 Å². The zero-order valence-corrected chi connectivity index (χ0v) is 12.2. The number of ether oxygens (including phenoxy) is 2. The van der Waals surface area contributed by atoms with E-state index >= 15 is 0 Å². The molecule has 1 unspecified atom stereocenters. The van der Waals surface area contributed by atoms with Crippen molar-refractivity contribution in [2.75, 3.05) is 32.1 Å². The Morgan fingerprint density at radius 2 is 2.20 bits per heavy atom. The minimum absolute atomic E-state index is 0.00242. The highest BCUT2D eigenvalue weighted by Crippen LogP contribution is 2.41. The number of urea groups is 1. The van der Waals surface area contributed by atoms with Crippen LogP contribution in [0.5, 0.6) is 11.5 Å². The van der Waals surface area contributed by atoms with Crippen LogP contribution in [0.15, 0.2) is 18.2 Å². The molecule has 1 N–H and O–H groups in total. The summed E-state index contributed by atoms with van der Waals surface area (Å²) in [6, 6.07) is 5.93. The fourth-order valence-electron chi connectivity index (χ4n) is 2.42. The molecule has 0 bridgehead atoms. The van der Waals surface area contributed by atoms with Gasteiger partial charge in [-0.15, -0.1) is 11.8 Å². The highest BCUT2D eigenvalue weighted by Gasteiger charge is 2.31. The Bertz CT molecular complexity index is 509. The lowest BCUT2D eigenvalue weighted by molar-refractivity contribution is 0.171. The molecule has 2 aliphatic rings. The van der Waals surface area contributed by atoms with Gasteiger partial charge in [0.2, 0.25) is 0 Å². The summed E-state index contributed by atoms with van der Waals surface area (Å²) in [6.07, 6.45) is 0. The third-order valence-electron chi connectivity index (χ3n) is 3.33. The molecule has 0 aliphatic carbocycles. The molecule has 0 saturated carbocycles. The molecular formula is C14H18N2O3S. The summed E-state index contributed by atoms with van der Waals surface area (Å²) in [6.45, 7) is 4.52.